The molecule has 3 heteroatoms. The number of halogens is 1. The maximum absolute atomic E-state index is 3.68. The molecule has 100 valence electrons. The van der Waals surface area contributed by atoms with Crippen LogP contribution in [0.5, 0.6) is 0 Å². The van der Waals surface area contributed by atoms with Crippen molar-refractivity contribution in [2.45, 2.75) is 23.9 Å². The lowest BCUT2D eigenvalue weighted by Gasteiger charge is -2.26. The molecule has 0 bridgehead atoms. The Morgan fingerprint density at radius 1 is 1.00 bits per heavy atom. The highest BCUT2D eigenvalue weighted by Crippen LogP contribution is 2.35. The summed E-state index contributed by atoms with van der Waals surface area (Å²) in [6, 6.07) is 19.9. The van der Waals surface area contributed by atoms with Gasteiger partial charge in [0.25, 0.3) is 0 Å². The summed E-state index contributed by atoms with van der Waals surface area (Å²) in [4.78, 5) is 1.44. The molecule has 0 radical (unpaired) electrons. The maximum Gasteiger partial charge on any atom is 0.0342 e. The van der Waals surface area contributed by atoms with Crippen LogP contribution in [0.2, 0.25) is 0 Å². The van der Waals surface area contributed by atoms with Crippen LogP contribution in [-0.2, 0) is 6.54 Å². The third-order valence-corrected chi connectivity index (χ3v) is 4.48. The van der Waals surface area contributed by atoms with E-state index in [-0.39, 0.29) is 12.4 Å². The number of hydrogen-bond acceptors (Lipinski definition) is 2. The van der Waals surface area contributed by atoms with Gasteiger partial charge in [-0.3, -0.25) is 0 Å². The summed E-state index contributed by atoms with van der Waals surface area (Å²) in [7, 11) is 0. The van der Waals surface area contributed by atoms with Crippen molar-refractivity contribution in [1.29, 1.82) is 0 Å². The SMILES string of the molecule is Cl.c1ccc(CNC2CCSc3ccccc32)cc1. The Morgan fingerprint density at radius 3 is 2.58 bits per heavy atom. The van der Waals surface area contributed by atoms with Crippen molar-refractivity contribution in [2.75, 3.05) is 5.75 Å². The molecule has 0 saturated heterocycles. The van der Waals surface area contributed by atoms with Crippen LogP contribution in [0, 0.1) is 0 Å². The van der Waals surface area contributed by atoms with Gasteiger partial charge in [-0.05, 0) is 29.4 Å². The van der Waals surface area contributed by atoms with E-state index < -0.39 is 0 Å². The van der Waals surface area contributed by atoms with Gasteiger partial charge in [0.2, 0.25) is 0 Å². The number of thioether (sulfide) groups is 1. The molecule has 1 aliphatic heterocycles. The summed E-state index contributed by atoms with van der Waals surface area (Å²) in [5.74, 6) is 1.21. The molecule has 2 aromatic rings. The molecule has 2 aromatic carbocycles. The van der Waals surface area contributed by atoms with E-state index in [0.29, 0.717) is 6.04 Å². The first-order chi connectivity index (χ1) is 8.93. The van der Waals surface area contributed by atoms with Crippen LogP contribution in [0.4, 0.5) is 0 Å². The monoisotopic (exact) mass is 291 g/mol. The summed E-state index contributed by atoms with van der Waals surface area (Å²) < 4.78 is 0. The third kappa shape index (κ3) is 3.53. The van der Waals surface area contributed by atoms with Crippen molar-refractivity contribution in [3.05, 3.63) is 65.7 Å². The van der Waals surface area contributed by atoms with Gasteiger partial charge in [0.15, 0.2) is 0 Å². The molecule has 0 amide bonds. The molecule has 1 nitrogen and oxygen atoms in total. The number of benzene rings is 2. The third-order valence-electron chi connectivity index (χ3n) is 3.35. The zero-order valence-electron chi connectivity index (χ0n) is 10.7. The summed E-state index contributed by atoms with van der Waals surface area (Å²) in [5, 5.41) is 3.68. The van der Waals surface area contributed by atoms with Crippen molar-refractivity contribution in [1.82, 2.24) is 5.32 Å². The smallest absolute Gasteiger partial charge is 0.0342 e. The lowest BCUT2D eigenvalue weighted by Crippen LogP contribution is -2.24. The fraction of sp³-hybridized carbons (Fsp3) is 0.250. The molecule has 1 aliphatic rings. The second-order valence-electron chi connectivity index (χ2n) is 4.59. The van der Waals surface area contributed by atoms with Gasteiger partial charge in [-0.1, -0.05) is 48.5 Å². The minimum absolute atomic E-state index is 0. The van der Waals surface area contributed by atoms with Crippen LogP contribution in [0.1, 0.15) is 23.6 Å². The van der Waals surface area contributed by atoms with Crippen molar-refractivity contribution in [2.24, 2.45) is 0 Å². The van der Waals surface area contributed by atoms with Gasteiger partial charge < -0.3 is 5.32 Å². The molecule has 1 N–H and O–H groups in total. The van der Waals surface area contributed by atoms with E-state index in [1.165, 1.54) is 28.2 Å². The van der Waals surface area contributed by atoms with Crippen molar-refractivity contribution >= 4 is 24.2 Å². The highest BCUT2D eigenvalue weighted by Gasteiger charge is 2.19. The van der Waals surface area contributed by atoms with E-state index in [9.17, 15) is 0 Å². The minimum Gasteiger partial charge on any atom is -0.306 e. The Bertz CT molecular complexity index is 515. The maximum atomic E-state index is 3.68. The number of fused-ring (bicyclic) bond motifs is 1. The van der Waals surface area contributed by atoms with Gasteiger partial charge in [-0.2, -0.15) is 0 Å². The van der Waals surface area contributed by atoms with Crippen LogP contribution in [0.25, 0.3) is 0 Å². The van der Waals surface area contributed by atoms with Crippen molar-refractivity contribution in [3.63, 3.8) is 0 Å². The molecule has 1 atom stereocenters. The molecule has 0 aliphatic carbocycles. The van der Waals surface area contributed by atoms with Gasteiger partial charge in [0.05, 0.1) is 0 Å². The summed E-state index contributed by atoms with van der Waals surface area (Å²) in [6.07, 6.45) is 1.22. The number of rotatable bonds is 3. The molecular weight excluding hydrogens is 274 g/mol. The second-order valence-corrected chi connectivity index (χ2v) is 5.73. The van der Waals surface area contributed by atoms with E-state index in [0.717, 1.165) is 6.54 Å². The molecule has 0 aromatic heterocycles. The van der Waals surface area contributed by atoms with Crippen LogP contribution < -0.4 is 5.32 Å². The van der Waals surface area contributed by atoms with E-state index >= 15 is 0 Å². The molecule has 3 rings (SSSR count). The standard InChI is InChI=1S/C16H17NS.ClH/c1-2-6-13(7-3-1)12-17-15-10-11-18-16-9-5-4-8-14(15)16;/h1-9,15,17H,10-12H2;1H. The van der Waals surface area contributed by atoms with Crippen molar-refractivity contribution in [3.8, 4) is 0 Å². The predicted molar refractivity (Wildman–Crippen MR) is 85.1 cm³/mol. The second kappa shape index (κ2) is 6.99. The van der Waals surface area contributed by atoms with E-state index in [1.807, 2.05) is 11.8 Å². The summed E-state index contributed by atoms with van der Waals surface area (Å²) in [6.45, 7) is 0.949. The first-order valence-electron chi connectivity index (χ1n) is 6.42. The van der Waals surface area contributed by atoms with Gasteiger partial charge >= 0.3 is 0 Å². The molecule has 0 fully saturated rings. The lowest BCUT2D eigenvalue weighted by molar-refractivity contribution is 0.510. The quantitative estimate of drug-likeness (QED) is 0.897. The van der Waals surface area contributed by atoms with Crippen LogP contribution >= 0.6 is 24.2 Å². The molecule has 0 saturated carbocycles. The van der Waals surface area contributed by atoms with Crippen LogP contribution in [0.15, 0.2) is 59.5 Å². The largest absolute Gasteiger partial charge is 0.306 e. The van der Waals surface area contributed by atoms with Gasteiger partial charge in [-0.15, -0.1) is 24.2 Å². The molecule has 1 unspecified atom stereocenters. The predicted octanol–water partition coefficient (Wildman–Crippen LogP) is 4.44. The fourth-order valence-electron chi connectivity index (χ4n) is 2.39. The van der Waals surface area contributed by atoms with Gasteiger partial charge in [0, 0.05) is 17.5 Å². The van der Waals surface area contributed by atoms with Crippen molar-refractivity contribution < 1.29 is 0 Å². The average molecular weight is 292 g/mol. The molecular formula is C16H18ClNS. The topological polar surface area (TPSA) is 12.0 Å². The highest BCUT2D eigenvalue weighted by atomic mass is 35.5. The lowest BCUT2D eigenvalue weighted by atomic mass is 10.0. The Hall–Kier alpha value is -0.960. The highest BCUT2D eigenvalue weighted by molar-refractivity contribution is 7.99. The summed E-state index contributed by atoms with van der Waals surface area (Å²) in [5.41, 5.74) is 2.82. The molecule has 1 heterocycles. The van der Waals surface area contributed by atoms with Gasteiger partial charge in [-0.25, -0.2) is 0 Å². The Kier molecular flexibility index (Phi) is 5.32. The minimum atomic E-state index is 0. The fourth-order valence-corrected chi connectivity index (χ4v) is 3.52. The van der Waals surface area contributed by atoms with E-state index in [1.54, 1.807) is 0 Å². The first kappa shape index (κ1) is 14.4. The Morgan fingerprint density at radius 2 is 1.74 bits per heavy atom. The zero-order valence-corrected chi connectivity index (χ0v) is 12.3. The Labute approximate surface area is 125 Å². The van der Waals surface area contributed by atoms with Crippen LogP contribution in [0.3, 0.4) is 0 Å². The normalized spacial score (nSPS) is 17.4. The molecule has 0 spiro atoms. The average Bonchev–Trinajstić information content (AvgIpc) is 2.46. The summed E-state index contributed by atoms with van der Waals surface area (Å²) >= 11 is 1.97. The number of nitrogens with one attached hydrogen (secondary N) is 1. The Balaban J connectivity index is 0.00000133. The first-order valence-corrected chi connectivity index (χ1v) is 7.41. The molecule has 19 heavy (non-hydrogen) atoms. The number of hydrogen-bond donors (Lipinski definition) is 1. The van der Waals surface area contributed by atoms with E-state index in [2.05, 4.69) is 59.9 Å². The van der Waals surface area contributed by atoms with Gasteiger partial charge in [0.1, 0.15) is 0 Å². The van der Waals surface area contributed by atoms with E-state index in [4.69, 9.17) is 0 Å². The zero-order chi connectivity index (χ0) is 12.2. The van der Waals surface area contributed by atoms with Crippen LogP contribution in [-0.4, -0.2) is 5.75 Å².